The lowest BCUT2D eigenvalue weighted by Crippen LogP contribution is -2.34. The molecule has 4 heteroatoms. The first-order chi connectivity index (χ1) is 7.20. The normalized spacial score (nSPS) is 10.1. The van der Waals surface area contributed by atoms with E-state index in [-0.39, 0.29) is 12.6 Å². The Balaban J connectivity index is 3.05. The van der Waals surface area contributed by atoms with Crippen molar-refractivity contribution in [3.8, 4) is 6.07 Å². The van der Waals surface area contributed by atoms with Crippen LogP contribution in [0.1, 0.15) is 19.5 Å². The van der Waals surface area contributed by atoms with Crippen molar-refractivity contribution in [2.45, 2.75) is 19.9 Å². The van der Waals surface area contributed by atoms with Gasteiger partial charge in [0.2, 0.25) is 0 Å². The van der Waals surface area contributed by atoms with Crippen LogP contribution in [0.2, 0.25) is 0 Å². The Kier molecular flexibility index (Phi) is 4.07. The van der Waals surface area contributed by atoms with E-state index in [4.69, 9.17) is 10.4 Å². The number of nitrogens with zero attached hydrogens (tertiary/aromatic N) is 3. The smallest absolute Gasteiger partial charge is 0.163 e. The molecule has 0 saturated carbocycles. The Morgan fingerprint density at radius 1 is 1.60 bits per heavy atom. The second-order valence-corrected chi connectivity index (χ2v) is 3.49. The van der Waals surface area contributed by atoms with Crippen molar-refractivity contribution in [3.63, 3.8) is 0 Å². The molecule has 1 heterocycles. The highest BCUT2D eigenvalue weighted by atomic mass is 16.3. The van der Waals surface area contributed by atoms with Crippen molar-refractivity contribution in [1.82, 2.24) is 4.98 Å². The zero-order valence-electron chi connectivity index (χ0n) is 9.01. The first-order valence-electron chi connectivity index (χ1n) is 4.93. The first kappa shape index (κ1) is 11.5. The summed E-state index contributed by atoms with van der Waals surface area (Å²) >= 11 is 0. The summed E-state index contributed by atoms with van der Waals surface area (Å²) in [6, 6.07) is 5.93. The number of aromatic nitrogens is 1. The van der Waals surface area contributed by atoms with E-state index in [0.29, 0.717) is 12.2 Å². The molecule has 0 aliphatic heterocycles. The highest BCUT2D eigenvalue weighted by molar-refractivity contribution is 5.56. The van der Waals surface area contributed by atoms with Crippen molar-refractivity contribution < 1.29 is 5.11 Å². The minimum atomic E-state index is 0.0674. The fourth-order valence-electron chi connectivity index (χ4n) is 1.48. The summed E-state index contributed by atoms with van der Waals surface area (Å²) in [4.78, 5) is 5.96. The van der Waals surface area contributed by atoms with Crippen molar-refractivity contribution in [1.29, 1.82) is 5.26 Å². The van der Waals surface area contributed by atoms with E-state index in [2.05, 4.69) is 11.1 Å². The third-order valence-corrected chi connectivity index (χ3v) is 2.17. The average Bonchev–Trinajstić information content (AvgIpc) is 2.25. The van der Waals surface area contributed by atoms with Crippen LogP contribution in [0.4, 0.5) is 5.69 Å². The Morgan fingerprint density at radius 2 is 2.33 bits per heavy atom. The van der Waals surface area contributed by atoms with Gasteiger partial charge in [-0.15, -0.1) is 0 Å². The molecule has 0 aliphatic rings. The predicted octanol–water partition coefficient (Wildman–Crippen LogP) is 1.16. The van der Waals surface area contributed by atoms with Crippen molar-refractivity contribution in [3.05, 3.63) is 24.0 Å². The first-order valence-corrected chi connectivity index (χ1v) is 4.93. The third kappa shape index (κ3) is 2.67. The largest absolute Gasteiger partial charge is 0.395 e. The second kappa shape index (κ2) is 5.32. The van der Waals surface area contributed by atoms with Gasteiger partial charge in [0.1, 0.15) is 6.07 Å². The van der Waals surface area contributed by atoms with Crippen LogP contribution in [-0.4, -0.2) is 29.3 Å². The van der Waals surface area contributed by atoms with E-state index in [1.807, 2.05) is 24.8 Å². The molecule has 0 fully saturated rings. The maximum Gasteiger partial charge on any atom is 0.163 e. The molecule has 1 rings (SSSR count). The van der Waals surface area contributed by atoms with Gasteiger partial charge in [0.05, 0.1) is 12.3 Å². The molecular weight excluding hydrogens is 190 g/mol. The number of nitriles is 1. The molecule has 0 radical (unpaired) electrons. The quantitative estimate of drug-likeness (QED) is 0.801. The average molecular weight is 205 g/mol. The Hall–Kier alpha value is -1.60. The number of rotatable bonds is 4. The van der Waals surface area contributed by atoms with Crippen LogP contribution in [-0.2, 0) is 0 Å². The Labute approximate surface area is 89.8 Å². The van der Waals surface area contributed by atoms with Gasteiger partial charge in [-0.25, -0.2) is 4.98 Å². The molecule has 0 aromatic carbocycles. The van der Waals surface area contributed by atoms with E-state index >= 15 is 0 Å². The minimum Gasteiger partial charge on any atom is -0.395 e. The molecule has 0 amide bonds. The van der Waals surface area contributed by atoms with Gasteiger partial charge in [0.25, 0.3) is 0 Å². The number of anilines is 1. The summed E-state index contributed by atoms with van der Waals surface area (Å²) in [5.74, 6) is 0. The van der Waals surface area contributed by atoms with Gasteiger partial charge >= 0.3 is 0 Å². The van der Waals surface area contributed by atoms with Crippen molar-refractivity contribution in [2.24, 2.45) is 0 Å². The Morgan fingerprint density at radius 3 is 2.87 bits per heavy atom. The van der Waals surface area contributed by atoms with Crippen LogP contribution in [0.3, 0.4) is 0 Å². The van der Waals surface area contributed by atoms with Gasteiger partial charge in [0.15, 0.2) is 5.69 Å². The predicted molar refractivity (Wildman–Crippen MR) is 58.5 cm³/mol. The number of pyridine rings is 1. The number of hydrogen-bond donors (Lipinski definition) is 1. The van der Waals surface area contributed by atoms with E-state index in [1.54, 1.807) is 12.3 Å². The van der Waals surface area contributed by atoms with Crippen molar-refractivity contribution in [2.75, 3.05) is 18.1 Å². The number of aliphatic hydroxyl groups is 1. The topological polar surface area (TPSA) is 60.1 Å². The van der Waals surface area contributed by atoms with Gasteiger partial charge in [-0.2, -0.15) is 5.26 Å². The fourth-order valence-corrected chi connectivity index (χ4v) is 1.48. The number of aliphatic hydroxyl groups excluding tert-OH is 1. The zero-order chi connectivity index (χ0) is 11.3. The lowest BCUT2D eigenvalue weighted by Gasteiger charge is -2.28. The summed E-state index contributed by atoms with van der Waals surface area (Å²) in [5, 5.41) is 17.9. The maximum atomic E-state index is 8.97. The Bertz CT molecular complexity index is 357. The molecule has 80 valence electrons. The van der Waals surface area contributed by atoms with Crippen LogP contribution in [0, 0.1) is 11.3 Å². The zero-order valence-corrected chi connectivity index (χ0v) is 9.01. The molecule has 0 aliphatic carbocycles. The second-order valence-electron chi connectivity index (χ2n) is 3.49. The summed E-state index contributed by atoms with van der Waals surface area (Å²) in [6.45, 7) is 4.61. The highest BCUT2D eigenvalue weighted by Gasteiger charge is 2.13. The van der Waals surface area contributed by atoms with Crippen LogP contribution in [0.25, 0.3) is 0 Å². The molecule has 0 atom stereocenters. The molecule has 0 bridgehead atoms. The minimum absolute atomic E-state index is 0.0674. The van der Waals surface area contributed by atoms with Crippen LogP contribution < -0.4 is 4.90 Å². The third-order valence-electron chi connectivity index (χ3n) is 2.17. The molecule has 1 aromatic rings. The van der Waals surface area contributed by atoms with Gasteiger partial charge in [0, 0.05) is 18.8 Å². The van der Waals surface area contributed by atoms with Gasteiger partial charge in [-0.05, 0) is 26.0 Å². The maximum absolute atomic E-state index is 8.97. The van der Waals surface area contributed by atoms with E-state index in [9.17, 15) is 0 Å². The molecular formula is C11H15N3O. The van der Waals surface area contributed by atoms with E-state index in [0.717, 1.165) is 5.69 Å². The monoisotopic (exact) mass is 205 g/mol. The molecule has 15 heavy (non-hydrogen) atoms. The standard InChI is InChI=1S/C11H15N3O/c1-9(2)14(6-7-15)11-4-3-5-13-10(11)8-12/h3-5,9,15H,6-7H2,1-2H3. The molecule has 4 nitrogen and oxygen atoms in total. The van der Waals surface area contributed by atoms with Gasteiger partial charge < -0.3 is 10.0 Å². The van der Waals surface area contributed by atoms with Crippen LogP contribution in [0.15, 0.2) is 18.3 Å². The fraction of sp³-hybridized carbons (Fsp3) is 0.455. The molecule has 0 unspecified atom stereocenters. The number of hydrogen-bond acceptors (Lipinski definition) is 4. The molecule has 1 N–H and O–H groups in total. The summed E-state index contributed by atoms with van der Waals surface area (Å²) in [6.07, 6.45) is 1.60. The summed E-state index contributed by atoms with van der Waals surface area (Å²) in [5.41, 5.74) is 1.18. The van der Waals surface area contributed by atoms with Gasteiger partial charge in [-0.3, -0.25) is 0 Å². The van der Waals surface area contributed by atoms with Gasteiger partial charge in [-0.1, -0.05) is 0 Å². The summed E-state index contributed by atoms with van der Waals surface area (Å²) in [7, 11) is 0. The van der Waals surface area contributed by atoms with E-state index < -0.39 is 0 Å². The lowest BCUT2D eigenvalue weighted by molar-refractivity contribution is 0.299. The van der Waals surface area contributed by atoms with Crippen LogP contribution in [0.5, 0.6) is 0 Å². The molecule has 0 saturated heterocycles. The SMILES string of the molecule is CC(C)N(CCO)c1cccnc1C#N. The molecule has 0 spiro atoms. The van der Waals surface area contributed by atoms with Crippen molar-refractivity contribution >= 4 is 5.69 Å². The van der Waals surface area contributed by atoms with Crippen LogP contribution >= 0.6 is 0 Å². The van der Waals surface area contributed by atoms with E-state index in [1.165, 1.54) is 0 Å². The highest BCUT2D eigenvalue weighted by Crippen LogP contribution is 2.19. The molecule has 1 aromatic heterocycles. The summed E-state index contributed by atoms with van der Waals surface area (Å²) < 4.78 is 0. The lowest BCUT2D eigenvalue weighted by atomic mass is 10.2.